The van der Waals surface area contributed by atoms with Crippen LogP contribution in [0.25, 0.3) is 10.4 Å². The smallest absolute Gasteiger partial charge is 0.407 e. The van der Waals surface area contributed by atoms with Gasteiger partial charge < -0.3 is 14.6 Å². The van der Waals surface area contributed by atoms with E-state index in [4.69, 9.17) is 4.74 Å². The van der Waals surface area contributed by atoms with Crippen LogP contribution in [0.1, 0.15) is 20.8 Å². The van der Waals surface area contributed by atoms with Crippen molar-refractivity contribution in [1.82, 2.24) is 9.88 Å². The Morgan fingerprint density at radius 3 is 2.73 bits per heavy atom. The SMILES string of the molecule is CC(C)(C)OC(=O)NCCn1cc(-c2cccs2)ccc1=O. The lowest BCUT2D eigenvalue weighted by molar-refractivity contribution is 0.0526. The van der Waals surface area contributed by atoms with Gasteiger partial charge in [-0.25, -0.2) is 4.79 Å². The van der Waals surface area contributed by atoms with Gasteiger partial charge in [0, 0.05) is 35.8 Å². The molecule has 5 nitrogen and oxygen atoms in total. The second kappa shape index (κ2) is 6.79. The molecule has 0 bridgehead atoms. The summed E-state index contributed by atoms with van der Waals surface area (Å²) in [5.74, 6) is 0. The van der Waals surface area contributed by atoms with Gasteiger partial charge in [-0.15, -0.1) is 11.3 Å². The van der Waals surface area contributed by atoms with Crippen molar-refractivity contribution >= 4 is 17.4 Å². The summed E-state index contributed by atoms with van der Waals surface area (Å²) in [5.41, 5.74) is 0.373. The maximum absolute atomic E-state index is 11.9. The maximum Gasteiger partial charge on any atom is 0.407 e. The largest absolute Gasteiger partial charge is 0.444 e. The Morgan fingerprint density at radius 1 is 1.32 bits per heavy atom. The molecule has 0 fully saturated rings. The monoisotopic (exact) mass is 320 g/mol. The van der Waals surface area contributed by atoms with Crippen LogP contribution >= 0.6 is 11.3 Å². The summed E-state index contributed by atoms with van der Waals surface area (Å²) < 4.78 is 6.74. The number of amides is 1. The summed E-state index contributed by atoms with van der Waals surface area (Å²) in [7, 11) is 0. The Balaban J connectivity index is 1.97. The maximum atomic E-state index is 11.9. The van der Waals surface area contributed by atoms with Gasteiger partial charge >= 0.3 is 6.09 Å². The number of alkyl carbamates (subject to hydrolysis) is 1. The molecule has 1 amide bonds. The van der Waals surface area contributed by atoms with Gasteiger partial charge in [0.2, 0.25) is 0 Å². The highest BCUT2D eigenvalue weighted by Crippen LogP contribution is 2.23. The highest BCUT2D eigenvalue weighted by Gasteiger charge is 2.15. The van der Waals surface area contributed by atoms with E-state index in [1.807, 2.05) is 50.5 Å². The normalized spacial score (nSPS) is 11.2. The molecule has 0 aromatic carbocycles. The Labute approximate surface area is 133 Å². The summed E-state index contributed by atoms with van der Waals surface area (Å²) in [4.78, 5) is 24.5. The zero-order chi connectivity index (χ0) is 16.2. The third-order valence-electron chi connectivity index (χ3n) is 2.81. The minimum atomic E-state index is -0.528. The van der Waals surface area contributed by atoms with Crippen LogP contribution < -0.4 is 10.9 Å². The summed E-state index contributed by atoms with van der Waals surface area (Å²) >= 11 is 1.62. The number of aromatic nitrogens is 1. The molecule has 0 saturated carbocycles. The van der Waals surface area contributed by atoms with Crippen LogP contribution in [-0.2, 0) is 11.3 Å². The molecule has 0 aliphatic carbocycles. The van der Waals surface area contributed by atoms with E-state index in [9.17, 15) is 9.59 Å². The van der Waals surface area contributed by atoms with Crippen LogP contribution in [0.3, 0.4) is 0 Å². The molecule has 1 N–H and O–H groups in total. The number of rotatable bonds is 4. The summed E-state index contributed by atoms with van der Waals surface area (Å²) in [6, 6.07) is 7.34. The Kier molecular flexibility index (Phi) is 5.03. The van der Waals surface area contributed by atoms with Crippen molar-refractivity contribution < 1.29 is 9.53 Å². The first-order chi connectivity index (χ1) is 10.3. The molecule has 2 aromatic heterocycles. The van der Waals surface area contributed by atoms with Crippen LogP contribution in [0.2, 0.25) is 0 Å². The standard InChI is InChI=1S/C16H20N2O3S/c1-16(2,3)21-15(20)17-8-9-18-11-12(6-7-14(18)19)13-5-4-10-22-13/h4-7,10-11H,8-9H2,1-3H3,(H,17,20). The number of thiophene rings is 1. The van der Waals surface area contributed by atoms with E-state index in [-0.39, 0.29) is 5.56 Å². The highest BCUT2D eigenvalue weighted by molar-refractivity contribution is 7.13. The van der Waals surface area contributed by atoms with Crippen LogP contribution in [0.15, 0.2) is 40.6 Å². The van der Waals surface area contributed by atoms with Gasteiger partial charge in [0.25, 0.3) is 5.56 Å². The number of hydrogen-bond acceptors (Lipinski definition) is 4. The summed E-state index contributed by atoms with van der Waals surface area (Å²) in [6.07, 6.45) is 1.33. The van der Waals surface area contributed by atoms with E-state index in [1.54, 1.807) is 22.0 Å². The number of carbonyl (C=O) groups is 1. The van der Waals surface area contributed by atoms with E-state index in [2.05, 4.69) is 5.32 Å². The Hall–Kier alpha value is -2.08. The summed E-state index contributed by atoms with van der Waals surface area (Å²) in [5, 5.41) is 4.65. The number of hydrogen-bond donors (Lipinski definition) is 1. The minimum absolute atomic E-state index is 0.0914. The van der Waals surface area contributed by atoms with E-state index in [0.717, 1.165) is 10.4 Å². The molecule has 0 aliphatic heterocycles. The van der Waals surface area contributed by atoms with Crippen LogP contribution in [0.4, 0.5) is 4.79 Å². The number of nitrogens with zero attached hydrogens (tertiary/aromatic N) is 1. The molecule has 22 heavy (non-hydrogen) atoms. The number of nitrogens with one attached hydrogen (secondary N) is 1. The van der Waals surface area contributed by atoms with Gasteiger partial charge in [0.05, 0.1) is 0 Å². The van der Waals surface area contributed by atoms with Crippen molar-refractivity contribution in [1.29, 1.82) is 0 Å². The second-order valence-corrected chi connectivity index (χ2v) is 6.80. The lowest BCUT2D eigenvalue weighted by Crippen LogP contribution is -2.35. The molecule has 0 unspecified atom stereocenters. The van der Waals surface area contributed by atoms with Crippen LogP contribution in [0, 0.1) is 0 Å². The topological polar surface area (TPSA) is 60.3 Å². The quantitative estimate of drug-likeness (QED) is 0.941. The van der Waals surface area contributed by atoms with Crippen molar-refractivity contribution in [3.63, 3.8) is 0 Å². The van der Waals surface area contributed by atoms with Crippen molar-refractivity contribution in [2.45, 2.75) is 32.9 Å². The lowest BCUT2D eigenvalue weighted by Gasteiger charge is -2.19. The van der Waals surface area contributed by atoms with Crippen molar-refractivity contribution in [2.75, 3.05) is 6.54 Å². The first-order valence-electron chi connectivity index (χ1n) is 7.06. The number of ether oxygens (including phenoxy) is 1. The lowest BCUT2D eigenvalue weighted by atomic mass is 10.2. The third-order valence-corrected chi connectivity index (χ3v) is 3.73. The van der Waals surface area contributed by atoms with Crippen LogP contribution in [-0.4, -0.2) is 22.8 Å². The van der Waals surface area contributed by atoms with Crippen molar-refractivity contribution in [2.24, 2.45) is 0 Å². The molecule has 2 rings (SSSR count). The second-order valence-electron chi connectivity index (χ2n) is 5.86. The first kappa shape index (κ1) is 16.3. The molecular formula is C16H20N2O3S. The average Bonchev–Trinajstić information content (AvgIpc) is 2.92. The summed E-state index contributed by atoms with van der Waals surface area (Å²) in [6.45, 7) is 6.16. The molecule has 6 heteroatoms. The molecule has 2 heterocycles. The van der Waals surface area contributed by atoms with Crippen molar-refractivity contribution in [3.8, 4) is 10.4 Å². The van der Waals surface area contributed by atoms with E-state index < -0.39 is 11.7 Å². The Bertz CT molecular complexity index is 684. The van der Waals surface area contributed by atoms with Crippen LogP contribution in [0.5, 0.6) is 0 Å². The van der Waals surface area contributed by atoms with Gasteiger partial charge in [0.1, 0.15) is 5.60 Å². The van der Waals surface area contributed by atoms with Gasteiger partial charge in [-0.3, -0.25) is 4.79 Å². The van der Waals surface area contributed by atoms with E-state index in [0.29, 0.717) is 13.1 Å². The van der Waals surface area contributed by atoms with Gasteiger partial charge in [0.15, 0.2) is 0 Å². The fraction of sp³-hybridized carbons (Fsp3) is 0.375. The van der Waals surface area contributed by atoms with E-state index in [1.165, 1.54) is 0 Å². The average molecular weight is 320 g/mol. The zero-order valence-corrected chi connectivity index (χ0v) is 13.8. The molecule has 0 spiro atoms. The first-order valence-corrected chi connectivity index (χ1v) is 7.94. The molecule has 0 atom stereocenters. The highest BCUT2D eigenvalue weighted by atomic mass is 32.1. The van der Waals surface area contributed by atoms with Crippen molar-refractivity contribution in [3.05, 3.63) is 46.2 Å². The van der Waals surface area contributed by atoms with Gasteiger partial charge in [-0.1, -0.05) is 6.07 Å². The molecule has 0 aliphatic rings. The predicted molar refractivity (Wildman–Crippen MR) is 88.3 cm³/mol. The fourth-order valence-electron chi connectivity index (χ4n) is 1.89. The number of carbonyl (C=O) groups excluding carboxylic acids is 1. The number of pyridine rings is 1. The zero-order valence-electron chi connectivity index (χ0n) is 13.0. The molecule has 2 aromatic rings. The van der Waals surface area contributed by atoms with E-state index >= 15 is 0 Å². The third kappa shape index (κ3) is 4.73. The minimum Gasteiger partial charge on any atom is -0.444 e. The predicted octanol–water partition coefficient (Wildman–Crippen LogP) is 3.10. The van der Waals surface area contributed by atoms with Gasteiger partial charge in [-0.2, -0.15) is 0 Å². The Morgan fingerprint density at radius 2 is 2.09 bits per heavy atom. The molecule has 118 valence electrons. The molecule has 0 radical (unpaired) electrons. The molecule has 0 saturated heterocycles. The molecular weight excluding hydrogens is 300 g/mol. The van der Waals surface area contributed by atoms with Gasteiger partial charge in [-0.05, 0) is 38.3 Å². The fourth-order valence-corrected chi connectivity index (χ4v) is 2.60.